The molecule has 0 saturated heterocycles. The molecule has 1 amide bonds. The number of aromatic nitrogens is 3. The van der Waals surface area contributed by atoms with Crippen molar-refractivity contribution in [3.63, 3.8) is 0 Å². The first-order valence-corrected chi connectivity index (χ1v) is 7.82. The second-order valence-electron chi connectivity index (χ2n) is 4.31. The summed E-state index contributed by atoms with van der Waals surface area (Å²) in [5, 5.41) is 3.31. The molecule has 120 valence electrons. The predicted octanol–water partition coefficient (Wildman–Crippen LogP) is 0.727. The van der Waals surface area contributed by atoms with Crippen molar-refractivity contribution in [1.29, 1.82) is 0 Å². The van der Waals surface area contributed by atoms with Gasteiger partial charge in [-0.2, -0.15) is 8.99 Å². The Kier molecular flexibility index (Phi) is 6.20. The van der Waals surface area contributed by atoms with E-state index in [1.807, 2.05) is 0 Å². The third-order valence-corrected chi connectivity index (χ3v) is 4.28. The van der Waals surface area contributed by atoms with Crippen LogP contribution < -0.4 is 0 Å². The Morgan fingerprint density at radius 1 is 1.23 bits per heavy atom. The standard InChI is InChI=1S/C13H19N5O3S/c1-5-8-16(4)22(20,21)12-14-11-18(15-12)13(19)17(9-6-2)10-7-3/h5-7,11H,1-3,8-10H2,4H3. The molecule has 0 N–H and O–H groups in total. The van der Waals surface area contributed by atoms with E-state index >= 15 is 0 Å². The van der Waals surface area contributed by atoms with E-state index in [2.05, 4.69) is 29.8 Å². The Bertz CT molecular complexity index is 655. The molecule has 9 heteroatoms. The predicted molar refractivity (Wildman–Crippen MR) is 82.8 cm³/mol. The Hall–Kier alpha value is -2.26. The number of hydrogen-bond acceptors (Lipinski definition) is 5. The molecule has 0 radical (unpaired) electrons. The quantitative estimate of drug-likeness (QED) is 0.657. The van der Waals surface area contributed by atoms with Crippen LogP contribution in [0.4, 0.5) is 4.79 Å². The first-order chi connectivity index (χ1) is 10.4. The van der Waals surface area contributed by atoms with Crippen LogP contribution in [0.5, 0.6) is 0 Å². The second-order valence-corrected chi connectivity index (χ2v) is 6.25. The summed E-state index contributed by atoms with van der Waals surface area (Å²) in [6, 6.07) is -0.514. The summed E-state index contributed by atoms with van der Waals surface area (Å²) in [5.41, 5.74) is 0. The molecule has 1 aromatic heterocycles. The van der Waals surface area contributed by atoms with Crippen LogP contribution in [0.2, 0.25) is 0 Å². The Balaban J connectivity index is 3.04. The lowest BCUT2D eigenvalue weighted by Crippen LogP contribution is -2.35. The van der Waals surface area contributed by atoms with Gasteiger partial charge in [-0.15, -0.1) is 24.8 Å². The van der Waals surface area contributed by atoms with Crippen molar-refractivity contribution in [3.8, 4) is 0 Å². The third-order valence-electron chi connectivity index (χ3n) is 2.66. The van der Waals surface area contributed by atoms with Crippen LogP contribution in [0.1, 0.15) is 0 Å². The number of amides is 1. The molecule has 0 bridgehead atoms. The van der Waals surface area contributed by atoms with E-state index in [0.29, 0.717) is 0 Å². The van der Waals surface area contributed by atoms with E-state index in [1.54, 1.807) is 12.2 Å². The molecule has 0 atom stereocenters. The highest BCUT2D eigenvalue weighted by molar-refractivity contribution is 7.88. The van der Waals surface area contributed by atoms with Crippen LogP contribution in [0.15, 0.2) is 49.4 Å². The fourth-order valence-electron chi connectivity index (χ4n) is 1.56. The van der Waals surface area contributed by atoms with Crippen LogP contribution in [0.25, 0.3) is 0 Å². The molecule has 0 aromatic carbocycles. The van der Waals surface area contributed by atoms with Crippen LogP contribution in [-0.2, 0) is 10.0 Å². The number of likely N-dealkylation sites (N-methyl/N-ethyl adjacent to an activating group) is 1. The summed E-state index contributed by atoms with van der Waals surface area (Å²) in [7, 11) is -2.48. The smallest absolute Gasteiger partial charge is 0.315 e. The maximum Gasteiger partial charge on any atom is 0.346 e. The zero-order valence-corrected chi connectivity index (χ0v) is 13.2. The van der Waals surface area contributed by atoms with Gasteiger partial charge in [0.25, 0.3) is 15.2 Å². The molecular formula is C13H19N5O3S. The highest BCUT2D eigenvalue weighted by atomic mass is 32.2. The molecule has 0 saturated carbocycles. The largest absolute Gasteiger partial charge is 0.346 e. The van der Waals surface area contributed by atoms with Crippen molar-refractivity contribution in [2.45, 2.75) is 5.16 Å². The summed E-state index contributed by atoms with van der Waals surface area (Å²) in [6.45, 7) is 11.3. The lowest BCUT2D eigenvalue weighted by molar-refractivity contribution is 0.206. The summed E-state index contributed by atoms with van der Waals surface area (Å²) >= 11 is 0. The van der Waals surface area contributed by atoms with Crippen molar-refractivity contribution in [3.05, 3.63) is 44.3 Å². The number of carbonyl (C=O) groups is 1. The van der Waals surface area contributed by atoms with E-state index in [1.165, 1.54) is 18.0 Å². The monoisotopic (exact) mass is 325 g/mol. The average Bonchev–Trinajstić information content (AvgIpc) is 2.97. The van der Waals surface area contributed by atoms with Gasteiger partial charge in [0.2, 0.25) is 0 Å². The minimum atomic E-state index is -3.86. The fraction of sp³-hybridized carbons (Fsp3) is 0.308. The fourth-order valence-corrected chi connectivity index (χ4v) is 2.52. The Morgan fingerprint density at radius 2 is 1.77 bits per heavy atom. The van der Waals surface area contributed by atoms with E-state index in [0.717, 1.165) is 15.3 Å². The molecular weight excluding hydrogens is 306 g/mol. The molecule has 0 aliphatic carbocycles. The normalized spacial score (nSPS) is 11.2. The van der Waals surface area contributed by atoms with Gasteiger partial charge < -0.3 is 4.90 Å². The van der Waals surface area contributed by atoms with E-state index in [4.69, 9.17) is 0 Å². The molecule has 0 aliphatic rings. The Labute approximate surface area is 130 Å². The summed E-state index contributed by atoms with van der Waals surface area (Å²) < 4.78 is 26.2. The SMILES string of the molecule is C=CCN(CC=C)C(=O)n1cnc(S(=O)(=O)N(C)CC=C)n1. The van der Waals surface area contributed by atoms with Crippen molar-refractivity contribution in [1.82, 2.24) is 24.0 Å². The van der Waals surface area contributed by atoms with Crippen molar-refractivity contribution in [2.75, 3.05) is 26.7 Å². The van der Waals surface area contributed by atoms with Gasteiger partial charge in [0, 0.05) is 26.7 Å². The first kappa shape index (κ1) is 17.8. The van der Waals surface area contributed by atoms with E-state index in [9.17, 15) is 13.2 Å². The summed E-state index contributed by atoms with van der Waals surface area (Å²) in [4.78, 5) is 17.3. The molecule has 0 unspecified atom stereocenters. The maximum atomic E-state index is 12.2. The van der Waals surface area contributed by atoms with Crippen molar-refractivity contribution in [2.24, 2.45) is 0 Å². The minimum absolute atomic E-state index is 0.115. The molecule has 0 aliphatic heterocycles. The molecule has 0 fully saturated rings. The van der Waals surface area contributed by atoms with Gasteiger partial charge in [0.1, 0.15) is 6.33 Å². The van der Waals surface area contributed by atoms with Gasteiger partial charge in [-0.3, -0.25) is 0 Å². The molecule has 1 heterocycles. The minimum Gasteiger partial charge on any atom is -0.315 e. The van der Waals surface area contributed by atoms with Gasteiger partial charge in [-0.1, -0.05) is 18.2 Å². The van der Waals surface area contributed by atoms with Crippen molar-refractivity contribution < 1.29 is 13.2 Å². The average molecular weight is 325 g/mol. The second kappa shape index (κ2) is 7.66. The number of sulfonamides is 1. The van der Waals surface area contributed by atoms with E-state index in [-0.39, 0.29) is 19.6 Å². The van der Waals surface area contributed by atoms with Gasteiger partial charge in [-0.05, 0) is 0 Å². The maximum absolute atomic E-state index is 12.2. The zero-order valence-electron chi connectivity index (χ0n) is 12.4. The number of rotatable bonds is 8. The van der Waals surface area contributed by atoms with Gasteiger partial charge >= 0.3 is 6.03 Å². The number of nitrogens with zero attached hydrogens (tertiary/aromatic N) is 5. The van der Waals surface area contributed by atoms with Crippen molar-refractivity contribution >= 4 is 16.1 Å². The molecule has 1 aromatic rings. The molecule has 8 nitrogen and oxygen atoms in total. The van der Waals surface area contributed by atoms with Crippen LogP contribution in [0.3, 0.4) is 0 Å². The number of hydrogen-bond donors (Lipinski definition) is 0. The van der Waals surface area contributed by atoms with Crippen LogP contribution in [-0.4, -0.2) is 65.1 Å². The Morgan fingerprint density at radius 3 is 2.27 bits per heavy atom. The molecule has 1 rings (SSSR count). The van der Waals surface area contributed by atoms with Gasteiger partial charge in [0.05, 0.1) is 0 Å². The topological polar surface area (TPSA) is 88.4 Å². The van der Waals surface area contributed by atoms with E-state index < -0.39 is 21.2 Å². The lowest BCUT2D eigenvalue weighted by atomic mass is 10.5. The molecule has 22 heavy (non-hydrogen) atoms. The highest BCUT2D eigenvalue weighted by Gasteiger charge is 2.26. The van der Waals surface area contributed by atoms with Crippen LogP contribution >= 0.6 is 0 Å². The van der Waals surface area contributed by atoms with Gasteiger partial charge in [0.15, 0.2) is 0 Å². The van der Waals surface area contributed by atoms with Crippen LogP contribution in [0, 0.1) is 0 Å². The number of carbonyl (C=O) groups excluding carboxylic acids is 1. The third kappa shape index (κ3) is 3.89. The summed E-state index contributed by atoms with van der Waals surface area (Å²) in [6.07, 6.45) is 5.60. The lowest BCUT2D eigenvalue weighted by Gasteiger charge is -2.18. The van der Waals surface area contributed by atoms with Gasteiger partial charge in [-0.25, -0.2) is 18.2 Å². The highest BCUT2D eigenvalue weighted by Crippen LogP contribution is 2.08. The zero-order chi connectivity index (χ0) is 16.8. The summed E-state index contributed by atoms with van der Waals surface area (Å²) in [5.74, 6) is 0. The first-order valence-electron chi connectivity index (χ1n) is 6.38. The molecule has 0 spiro atoms.